The molecule has 0 saturated carbocycles. The van der Waals surface area contributed by atoms with Gasteiger partial charge in [-0.3, -0.25) is 9.52 Å². The third-order valence-electron chi connectivity index (χ3n) is 4.38. The SMILES string of the molecule is Cc1ccc(OCCC(=O)Nc2cccc(S(=O)(=O)Nc3ccc(SC(F)F)cc3)c2)cc1. The van der Waals surface area contributed by atoms with Crippen molar-refractivity contribution in [3.05, 3.63) is 78.4 Å². The monoisotopic (exact) mass is 492 g/mol. The van der Waals surface area contributed by atoms with Gasteiger partial charge in [-0.05, 0) is 61.5 Å². The lowest BCUT2D eigenvalue weighted by atomic mass is 10.2. The molecule has 3 aromatic carbocycles. The Bertz CT molecular complexity index is 1190. The first kappa shape index (κ1) is 24.5. The lowest BCUT2D eigenvalue weighted by Crippen LogP contribution is -2.16. The summed E-state index contributed by atoms with van der Waals surface area (Å²) in [6, 6.07) is 18.9. The first-order valence-corrected chi connectivity index (χ1v) is 12.2. The number of hydrogen-bond donors (Lipinski definition) is 2. The summed E-state index contributed by atoms with van der Waals surface area (Å²) in [6.07, 6.45) is 0.0894. The summed E-state index contributed by atoms with van der Waals surface area (Å²) in [4.78, 5) is 12.5. The third-order valence-corrected chi connectivity index (χ3v) is 6.48. The molecule has 0 bridgehead atoms. The Morgan fingerprint density at radius 1 is 1.00 bits per heavy atom. The fourth-order valence-electron chi connectivity index (χ4n) is 2.78. The van der Waals surface area contributed by atoms with Crippen LogP contribution in [-0.4, -0.2) is 26.7 Å². The van der Waals surface area contributed by atoms with Gasteiger partial charge in [-0.2, -0.15) is 8.78 Å². The van der Waals surface area contributed by atoms with Crippen molar-refractivity contribution >= 4 is 39.1 Å². The van der Waals surface area contributed by atoms with Gasteiger partial charge in [-0.25, -0.2) is 8.42 Å². The average molecular weight is 493 g/mol. The zero-order valence-corrected chi connectivity index (χ0v) is 19.3. The van der Waals surface area contributed by atoms with Crippen LogP contribution in [0, 0.1) is 6.92 Å². The zero-order chi connectivity index (χ0) is 23.8. The van der Waals surface area contributed by atoms with Crippen LogP contribution in [0.3, 0.4) is 0 Å². The number of alkyl halides is 2. The third kappa shape index (κ3) is 7.76. The number of carbonyl (C=O) groups is 1. The van der Waals surface area contributed by atoms with Crippen LogP contribution in [0.2, 0.25) is 0 Å². The molecule has 0 radical (unpaired) electrons. The summed E-state index contributed by atoms with van der Waals surface area (Å²) in [6.45, 7) is 2.14. The number of carbonyl (C=O) groups excluding carboxylic acids is 1. The fourth-order valence-corrected chi connectivity index (χ4v) is 4.38. The van der Waals surface area contributed by atoms with Crippen molar-refractivity contribution in [3.8, 4) is 5.75 Å². The van der Waals surface area contributed by atoms with Crippen molar-refractivity contribution in [2.75, 3.05) is 16.6 Å². The smallest absolute Gasteiger partial charge is 0.288 e. The van der Waals surface area contributed by atoms with E-state index < -0.39 is 15.8 Å². The number of rotatable bonds is 10. The van der Waals surface area contributed by atoms with Gasteiger partial charge in [0.2, 0.25) is 5.91 Å². The normalized spacial score (nSPS) is 11.3. The molecule has 0 heterocycles. The van der Waals surface area contributed by atoms with Gasteiger partial charge < -0.3 is 10.1 Å². The fraction of sp³-hybridized carbons (Fsp3) is 0.174. The first-order chi connectivity index (χ1) is 15.7. The Balaban J connectivity index is 1.57. The quantitative estimate of drug-likeness (QED) is 0.364. The van der Waals surface area contributed by atoms with Gasteiger partial charge in [0.15, 0.2) is 0 Å². The lowest BCUT2D eigenvalue weighted by molar-refractivity contribution is -0.116. The van der Waals surface area contributed by atoms with E-state index in [1.165, 1.54) is 42.5 Å². The number of aryl methyl sites for hydroxylation is 1. The topological polar surface area (TPSA) is 84.5 Å². The molecule has 10 heteroatoms. The molecule has 1 amide bonds. The van der Waals surface area contributed by atoms with Crippen molar-refractivity contribution in [2.45, 2.75) is 28.9 Å². The highest BCUT2D eigenvalue weighted by Crippen LogP contribution is 2.27. The van der Waals surface area contributed by atoms with Crippen LogP contribution < -0.4 is 14.8 Å². The van der Waals surface area contributed by atoms with E-state index in [0.717, 1.165) is 5.56 Å². The molecule has 0 atom stereocenters. The van der Waals surface area contributed by atoms with E-state index >= 15 is 0 Å². The molecule has 0 aliphatic rings. The number of amides is 1. The van der Waals surface area contributed by atoms with Crippen molar-refractivity contribution in [2.24, 2.45) is 0 Å². The summed E-state index contributed by atoms with van der Waals surface area (Å²) in [5.41, 5.74) is 1.66. The molecular formula is C23H22F2N2O4S2. The van der Waals surface area contributed by atoms with Crippen LogP contribution in [0.1, 0.15) is 12.0 Å². The maximum atomic E-state index is 12.7. The van der Waals surface area contributed by atoms with Crippen molar-refractivity contribution in [3.63, 3.8) is 0 Å². The van der Waals surface area contributed by atoms with E-state index in [9.17, 15) is 22.0 Å². The van der Waals surface area contributed by atoms with Gasteiger partial charge in [0.25, 0.3) is 15.8 Å². The molecule has 0 unspecified atom stereocenters. The number of halogens is 2. The van der Waals surface area contributed by atoms with Crippen LogP contribution in [-0.2, 0) is 14.8 Å². The zero-order valence-electron chi connectivity index (χ0n) is 17.6. The predicted molar refractivity (Wildman–Crippen MR) is 125 cm³/mol. The summed E-state index contributed by atoms with van der Waals surface area (Å²) in [7, 11) is -3.95. The van der Waals surface area contributed by atoms with E-state index in [2.05, 4.69) is 10.0 Å². The number of thioether (sulfide) groups is 1. The second-order valence-corrected chi connectivity index (χ2v) is 9.74. The molecular weight excluding hydrogens is 470 g/mol. The van der Waals surface area contributed by atoms with Crippen molar-refractivity contribution in [1.29, 1.82) is 0 Å². The van der Waals surface area contributed by atoms with Crippen LogP contribution in [0.5, 0.6) is 5.75 Å². The molecule has 0 aliphatic heterocycles. The van der Waals surface area contributed by atoms with Gasteiger partial charge in [0, 0.05) is 16.3 Å². The number of hydrogen-bond acceptors (Lipinski definition) is 5. The molecule has 0 saturated heterocycles. The Kier molecular flexibility index (Phi) is 8.29. The molecule has 0 aliphatic carbocycles. The summed E-state index contributed by atoms with van der Waals surface area (Å²) in [5.74, 6) is -2.22. The van der Waals surface area contributed by atoms with Crippen molar-refractivity contribution < 1.29 is 26.7 Å². The van der Waals surface area contributed by atoms with E-state index in [0.29, 0.717) is 28.1 Å². The largest absolute Gasteiger partial charge is 0.493 e. The number of ether oxygens (including phenoxy) is 1. The Morgan fingerprint density at radius 3 is 2.36 bits per heavy atom. The van der Waals surface area contributed by atoms with E-state index in [-0.39, 0.29) is 29.5 Å². The predicted octanol–water partition coefficient (Wildman–Crippen LogP) is 5.52. The van der Waals surface area contributed by atoms with Crippen LogP contribution in [0.15, 0.2) is 82.6 Å². The summed E-state index contributed by atoms with van der Waals surface area (Å²) in [5, 5.41) is 2.65. The second-order valence-electron chi connectivity index (χ2n) is 7.00. The molecule has 0 aromatic heterocycles. The number of anilines is 2. The molecule has 2 N–H and O–H groups in total. The van der Waals surface area contributed by atoms with E-state index in [4.69, 9.17) is 4.74 Å². The highest BCUT2D eigenvalue weighted by atomic mass is 32.2. The lowest BCUT2D eigenvalue weighted by Gasteiger charge is -2.11. The molecule has 3 rings (SSSR count). The van der Waals surface area contributed by atoms with E-state index in [1.54, 1.807) is 6.07 Å². The summed E-state index contributed by atoms with van der Waals surface area (Å²) < 4.78 is 58.1. The molecule has 33 heavy (non-hydrogen) atoms. The van der Waals surface area contributed by atoms with Crippen LogP contribution >= 0.6 is 11.8 Å². The van der Waals surface area contributed by atoms with Crippen molar-refractivity contribution in [1.82, 2.24) is 0 Å². The van der Waals surface area contributed by atoms with Gasteiger partial charge in [-0.1, -0.05) is 35.5 Å². The minimum atomic E-state index is -3.95. The highest BCUT2D eigenvalue weighted by molar-refractivity contribution is 7.99. The minimum absolute atomic E-state index is 0.0535. The van der Waals surface area contributed by atoms with Gasteiger partial charge in [-0.15, -0.1) is 0 Å². The van der Waals surface area contributed by atoms with Gasteiger partial charge >= 0.3 is 0 Å². The maximum absolute atomic E-state index is 12.7. The van der Waals surface area contributed by atoms with E-state index in [1.807, 2.05) is 31.2 Å². The minimum Gasteiger partial charge on any atom is -0.493 e. The first-order valence-electron chi connectivity index (χ1n) is 9.88. The average Bonchev–Trinajstić information content (AvgIpc) is 2.76. The number of benzene rings is 3. The Morgan fingerprint density at radius 2 is 1.70 bits per heavy atom. The van der Waals surface area contributed by atoms with Gasteiger partial charge in [0.1, 0.15) is 5.75 Å². The molecule has 3 aromatic rings. The maximum Gasteiger partial charge on any atom is 0.288 e. The number of nitrogens with one attached hydrogen (secondary N) is 2. The Hall–Kier alpha value is -3.11. The van der Waals surface area contributed by atoms with Gasteiger partial charge in [0.05, 0.1) is 17.9 Å². The molecule has 0 fully saturated rings. The second kappa shape index (κ2) is 11.2. The molecule has 174 valence electrons. The standard InChI is InChI=1S/C23H22F2N2O4S2/c1-16-5-9-19(10-6-16)31-14-13-22(28)26-18-3-2-4-21(15-18)33(29,30)27-17-7-11-20(12-8-17)32-23(24)25/h2-12,15,23,27H,13-14H2,1H3,(H,26,28). The van der Waals surface area contributed by atoms with Crippen LogP contribution in [0.4, 0.5) is 20.2 Å². The molecule has 6 nitrogen and oxygen atoms in total. The highest BCUT2D eigenvalue weighted by Gasteiger charge is 2.16. The Labute approximate surface area is 195 Å². The molecule has 0 spiro atoms. The summed E-state index contributed by atoms with van der Waals surface area (Å²) >= 11 is 0.374. The number of sulfonamides is 1. The van der Waals surface area contributed by atoms with Crippen LogP contribution in [0.25, 0.3) is 0 Å².